The van der Waals surface area contributed by atoms with Gasteiger partial charge in [0.2, 0.25) is 11.8 Å². The highest BCUT2D eigenvalue weighted by atomic mass is 16.5. The first-order valence-electron chi connectivity index (χ1n) is 6.67. The van der Waals surface area contributed by atoms with E-state index in [0.29, 0.717) is 19.4 Å². The number of urea groups is 1. The smallest absolute Gasteiger partial charge is 0.330 e. The number of ether oxygens (including phenoxy) is 1. The van der Waals surface area contributed by atoms with Crippen molar-refractivity contribution < 1.29 is 19.1 Å². The van der Waals surface area contributed by atoms with Crippen LogP contribution in [0.2, 0.25) is 0 Å². The van der Waals surface area contributed by atoms with E-state index in [1.54, 1.807) is 7.11 Å². The second kappa shape index (κ2) is 5.28. The predicted octanol–water partition coefficient (Wildman–Crippen LogP) is 0.908. The Balaban J connectivity index is 2.16. The van der Waals surface area contributed by atoms with Crippen molar-refractivity contribution in [2.24, 2.45) is 11.3 Å². The van der Waals surface area contributed by atoms with Crippen LogP contribution in [0.15, 0.2) is 0 Å². The molecule has 1 spiro atoms. The first-order valence-corrected chi connectivity index (χ1v) is 6.67. The monoisotopic (exact) mass is 268 g/mol. The maximum Gasteiger partial charge on any atom is 0.330 e. The first kappa shape index (κ1) is 14.0. The number of barbiturate groups is 1. The van der Waals surface area contributed by atoms with Crippen molar-refractivity contribution in [3.05, 3.63) is 0 Å². The summed E-state index contributed by atoms with van der Waals surface area (Å²) in [4.78, 5) is 37.5. The molecular weight excluding hydrogens is 248 g/mol. The molecule has 106 valence electrons. The number of methoxy groups -OCH3 is 1. The van der Waals surface area contributed by atoms with Gasteiger partial charge in [0.05, 0.1) is 6.61 Å². The second-order valence-corrected chi connectivity index (χ2v) is 5.52. The van der Waals surface area contributed by atoms with Crippen molar-refractivity contribution in [3.63, 3.8) is 0 Å². The molecule has 1 heterocycles. The van der Waals surface area contributed by atoms with E-state index in [1.165, 1.54) is 4.90 Å². The number of nitrogens with zero attached hydrogens (tertiary/aromatic N) is 1. The molecule has 1 unspecified atom stereocenters. The molecule has 1 N–H and O–H groups in total. The van der Waals surface area contributed by atoms with Gasteiger partial charge in [0.1, 0.15) is 5.41 Å². The normalized spacial score (nSPS) is 23.9. The summed E-state index contributed by atoms with van der Waals surface area (Å²) in [7, 11) is 1.58. The maximum atomic E-state index is 12.5. The zero-order valence-corrected chi connectivity index (χ0v) is 11.4. The second-order valence-electron chi connectivity index (χ2n) is 5.52. The fraction of sp³-hybridized carbons (Fsp3) is 0.769. The number of rotatable bonds is 4. The summed E-state index contributed by atoms with van der Waals surface area (Å²) in [5.74, 6) is -0.705. The molecule has 0 aromatic heterocycles. The molecule has 2 aliphatic rings. The Morgan fingerprint density at radius 1 is 1.32 bits per heavy atom. The summed E-state index contributed by atoms with van der Waals surface area (Å²) < 4.78 is 5.02. The molecule has 1 aliphatic carbocycles. The number of amides is 4. The molecule has 2 rings (SSSR count). The van der Waals surface area contributed by atoms with Crippen LogP contribution in [0, 0.1) is 11.3 Å². The van der Waals surface area contributed by atoms with Crippen molar-refractivity contribution in [2.75, 3.05) is 20.3 Å². The predicted molar refractivity (Wildman–Crippen MR) is 67.2 cm³/mol. The van der Waals surface area contributed by atoms with Crippen LogP contribution in [-0.4, -0.2) is 43.0 Å². The lowest BCUT2D eigenvalue weighted by atomic mass is 9.82. The van der Waals surface area contributed by atoms with Gasteiger partial charge in [-0.1, -0.05) is 19.8 Å². The van der Waals surface area contributed by atoms with Gasteiger partial charge in [0.25, 0.3) is 0 Å². The van der Waals surface area contributed by atoms with Crippen molar-refractivity contribution in [3.8, 4) is 0 Å². The van der Waals surface area contributed by atoms with Crippen molar-refractivity contribution in [1.82, 2.24) is 10.2 Å². The average Bonchev–Trinajstić information content (AvgIpc) is 2.84. The van der Waals surface area contributed by atoms with Crippen molar-refractivity contribution in [1.29, 1.82) is 0 Å². The Bertz CT molecular complexity index is 401. The van der Waals surface area contributed by atoms with Crippen LogP contribution in [-0.2, 0) is 14.3 Å². The standard InChI is InChI=1S/C13H20N2O4/c1-9(8-19-2)7-15-11(17)13(5-3-4-6-13)10(16)14-12(15)18/h9H,3-8H2,1-2H3,(H,14,16,18). The summed E-state index contributed by atoms with van der Waals surface area (Å²) in [6.45, 7) is 2.66. The van der Waals surface area contributed by atoms with Gasteiger partial charge >= 0.3 is 6.03 Å². The molecule has 0 aromatic carbocycles. The van der Waals surface area contributed by atoms with Crippen LogP contribution >= 0.6 is 0 Å². The van der Waals surface area contributed by atoms with E-state index in [1.807, 2.05) is 6.92 Å². The van der Waals surface area contributed by atoms with E-state index < -0.39 is 17.4 Å². The van der Waals surface area contributed by atoms with Crippen LogP contribution in [0.4, 0.5) is 4.79 Å². The van der Waals surface area contributed by atoms with E-state index in [4.69, 9.17) is 4.74 Å². The lowest BCUT2D eigenvalue weighted by Gasteiger charge is -2.37. The molecule has 4 amide bonds. The van der Waals surface area contributed by atoms with Gasteiger partial charge in [-0.15, -0.1) is 0 Å². The van der Waals surface area contributed by atoms with Gasteiger partial charge in [-0.3, -0.25) is 19.8 Å². The minimum atomic E-state index is -0.999. The van der Waals surface area contributed by atoms with Crippen LogP contribution in [0.1, 0.15) is 32.6 Å². The van der Waals surface area contributed by atoms with E-state index in [0.717, 1.165) is 12.8 Å². The Labute approximate surface area is 112 Å². The van der Waals surface area contributed by atoms with Gasteiger partial charge in [0, 0.05) is 13.7 Å². The van der Waals surface area contributed by atoms with Gasteiger partial charge in [-0.05, 0) is 18.8 Å². The van der Waals surface area contributed by atoms with Crippen molar-refractivity contribution in [2.45, 2.75) is 32.6 Å². The van der Waals surface area contributed by atoms with E-state index in [9.17, 15) is 14.4 Å². The number of hydrogen-bond acceptors (Lipinski definition) is 4. The quantitative estimate of drug-likeness (QED) is 0.769. The van der Waals surface area contributed by atoms with Crippen molar-refractivity contribution >= 4 is 17.8 Å². The molecule has 0 radical (unpaired) electrons. The first-order chi connectivity index (χ1) is 9.01. The molecule has 19 heavy (non-hydrogen) atoms. The molecule has 0 aromatic rings. The largest absolute Gasteiger partial charge is 0.384 e. The summed E-state index contributed by atoms with van der Waals surface area (Å²) in [5, 5.41) is 2.33. The molecule has 0 bridgehead atoms. The van der Waals surface area contributed by atoms with Crippen LogP contribution in [0.3, 0.4) is 0 Å². The highest BCUT2D eigenvalue weighted by Crippen LogP contribution is 2.41. The van der Waals surface area contributed by atoms with E-state index in [2.05, 4.69) is 5.32 Å². The number of imide groups is 2. The average molecular weight is 268 g/mol. The SMILES string of the molecule is COCC(C)CN1C(=O)NC(=O)C2(CCCC2)C1=O. The van der Waals surface area contributed by atoms with Gasteiger partial charge < -0.3 is 4.74 Å². The van der Waals surface area contributed by atoms with Gasteiger partial charge in [-0.25, -0.2) is 4.79 Å². The van der Waals surface area contributed by atoms with E-state index >= 15 is 0 Å². The number of carbonyl (C=O) groups is 3. The lowest BCUT2D eigenvalue weighted by molar-refractivity contribution is -0.151. The Hall–Kier alpha value is -1.43. The van der Waals surface area contributed by atoms with Crippen LogP contribution in [0.5, 0.6) is 0 Å². The van der Waals surface area contributed by atoms with Gasteiger partial charge in [0.15, 0.2) is 0 Å². The fourth-order valence-corrected chi connectivity index (χ4v) is 2.97. The highest BCUT2D eigenvalue weighted by Gasteiger charge is 2.54. The third-order valence-electron chi connectivity index (χ3n) is 3.96. The zero-order valence-electron chi connectivity index (χ0n) is 11.4. The summed E-state index contributed by atoms with van der Waals surface area (Å²) in [5.41, 5.74) is -0.999. The highest BCUT2D eigenvalue weighted by molar-refractivity contribution is 6.19. The molecule has 1 saturated carbocycles. The lowest BCUT2D eigenvalue weighted by Crippen LogP contribution is -2.63. The Kier molecular flexibility index (Phi) is 3.89. The summed E-state index contributed by atoms with van der Waals surface area (Å²) >= 11 is 0. The molecule has 6 nitrogen and oxygen atoms in total. The summed E-state index contributed by atoms with van der Waals surface area (Å²) in [6, 6.07) is -0.601. The zero-order chi connectivity index (χ0) is 14.0. The minimum Gasteiger partial charge on any atom is -0.384 e. The number of hydrogen-bond donors (Lipinski definition) is 1. The molecule has 2 fully saturated rings. The third-order valence-corrected chi connectivity index (χ3v) is 3.96. The molecule has 1 aliphatic heterocycles. The molecule has 1 saturated heterocycles. The van der Waals surface area contributed by atoms with Crippen LogP contribution in [0.25, 0.3) is 0 Å². The maximum absolute atomic E-state index is 12.5. The summed E-state index contributed by atoms with van der Waals surface area (Å²) in [6.07, 6.45) is 2.80. The van der Waals surface area contributed by atoms with E-state index in [-0.39, 0.29) is 18.4 Å². The molecular formula is C13H20N2O4. The fourth-order valence-electron chi connectivity index (χ4n) is 2.97. The topological polar surface area (TPSA) is 75.7 Å². The Morgan fingerprint density at radius 2 is 1.95 bits per heavy atom. The molecule has 6 heteroatoms. The third kappa shape index (κ3) is 2.36. The van der Waals surface area contributed by atoms with Crippen LogP contribution < -0.4 is 5.32 Å². The number of carbonyl (C=O) groups excluding carboxylic acids is 3. The minimum absolute atomic E-state index is 0.0476. The number of nitrogens with one attached hydrogen (secondary N) is 1. The Morgan fingerprint density at radius 3 is 2.53 bits per heavy atom. The van der Waals surface area contributed by atoms with Gasteiger partial charge in [-0.2, -0.15) is 0 Å². The molecule has 1 atom stereocenters.